The monoisotopic (exact) mass is 212 g/mol. The lowest BCUT2D eigenvalue weighted by molar-refractivity contribution is 0.311. The van der Waals surface area contributed by atoms with Gasteiger partial charge in [-0.2, -0.15) is 0 Å². The first kappa shape index (κ1) is 10.3. The predicted molar refractivity (Wildman–Crippen MR) is 63.9 cm³/mol. The van der Waals surface area contributed by atoms with E-state index in [1.54, 1.807) is 0 Å². The van der Waals surface area contributed by atoms with Crippen molar-refractivity contribution in [3.8, 4) is 0 Å². The summed E-state index contributed by atoms with van der Waals surface area (Å²) >= 11 is 1.93. The maximum Gasteiger partial charge on any atom is 0.156 e. The minimum absolute atomic E-state index is 0.737. The number of aliphatic imine (C=N–C) groups is 1. The Morgan fingerprint density at radius 2 is 2.29 bits per heavy atom. The van der Waals surface area contributed by atoms with E-state index >= 15 is 0 Å². The van der Waals surface area contributed by atoms with Gasteiger partial charge in [-0.15, -0.1) is 0 Å². The lowest BCUT2D eigenvalue weighted by Crippen LogP contribution is -2.46. The van der Waals surface area contributed by atoms with E-state index < -0.39 is 0 Å². The first-order valence-corrected chi connectivity index (χ1v) is 6.82. The van der Waals surface area contributed by atoms with E-state index in [1.165, 1.54) is 36.6 Å². The van der Waals surface area contributed by atoms with E-state index in [0.29, 0.717) is 0 Å². The first-order chi connectivity index (χ1) is 6.90. The molecule has 1 aliphatic carbocycles. The number of rotatable bonds is 2. The summed E-state index contributed by atoms with van der Waals surface area (Å²) in [6, 6.07) is 0.737. The predicted octanol–water partition coefficient (Wildman–Crippen LogP) is 2.65. The standard InChI is InChI=1S/C11H20N2S/c1-2-7-12-11-13-10-6-4-3-5-9(10)8-14-11/h9-10H,2-8H2,1H3,(H,12,13). The summed E-state index contributed by atoms with van der Waals surface area (Å²) in [5.41, 5.74) is 0. The highest BCUT2D eigenvalue weighted by Gasteiger charge is 2.29. The van der Waals surface area contributed by atoms with Gasteiger partial charge in [0.15, 0.2) is 5.17 Å². The number of nitrogens with zero attached hydrogens (tertiary/aromatic N) is 1. The Kier molecular flexibility index (Phi) is 3.74. The molecule has 0 aromatic heterocycles. The second kappa shape index (κ2) is 5.06. The Bertz CT molecular complexity index is 215. The van der Waals surface area contributed by atoms with Gasteiger partial charge in [0.1, 0.15) is 0 Å². The van der Waals surface area contributed by atoms with Crippen molar-refractivity contribution >= 4 is 16.9 Å². The number of hydrogen-bond donors (Lipinski definition) is 1. The van der Waals surface area contributed by atoms with E-state index in [4.69, 9.17) is 0 Å². The number of fused-ring (bicyclic) bond motifs is 1. The first-order valence-electron chi connectivity index (χ1n) is 5.84. The highest BCUT2D eigenvalue weighted by atomic mass is 32.2. The third kappa shape index (κ3) is 2.44. The van der Waals surface area contributed by atoms with Crippen LogP contribution in [0.15, 0.2) is 4.99 Å². The molecular formula is C11H20N2S. The summed E-state index contributed by atoms with van der Waals surface area (Å²) in [4.78, 5) is 4.56. The Labute approximate surface area is 90.9 Å². The van der Waals surface area contributed by atoms with Crippen LogP contribution in [0.25, 0.3) is 0 Å². The quantitative estimate of drug-likeness (QED) is 0.761. The molecule has 0 radical (unpaired) electrons. The maximum absolute atomic E-state index is 4.56. The van der Waals surface area contributed by atoms with Gasteiger partial charge in [-0.3, -0.25) is 4.99 Å². The summed E-state index contributed by atoms with van der Waals surface area (Å²) in [5, 5.41) is 4.81. The molecule has 1 aliphatic heterocycles. The van der Waals surface area contributed by atoms with Crippen molar-refractivity contribution in [1.29, 1.82) is 0 Å². The van der Waals surface area contributed by atoms with Crippen molar-refractivity contribution in [2.75, 3.05) is 12.3 Å². The zero-order valence-corrected chi connectivity index (χ0v) is 9.78. The molecular weight excluding hydrogens is 192 g/mol. The molecule has 3 heteroatoms. The van der Waals surface area contributed by atoms with Crippen LogP contribution in [0.5, 0.6) is 0 Å². The maximum atomic E-state index is 4.56. The molecule has 1 heterocycles. The molecule has 2 nitrogen and oxygen atoms in total. The fourth-order valence-corrected chi connectivity index (χ4v) is 3.48. The van der Waals surface area contributed by atoms with E-state index in [1.807, 2.05) is 11.8 Å². The SMILES string of the molecule is CCCN=C1NC2CCCCC2CS1. The zero-order valence-electron chi connectivity index (χ0n) is 8.96. The van der Waals surface area contributed by atoms with E-state index in [9.17, 15) is 0 Å². The van der Waals surface area contributed by atoms with Gasteiger partial charge in [-0.1, -0.05) is 31.5 Å². The third-order valence-electron chi connectivity index (χ3n) is 3.13. The van der Waals surface area contributed by atoms with Crippen molar-refractivity contribution in [1.82, 2.24) is 5.32 Å². The summed E-state index contributed by atoms with van der Waals surface area (Å²) in [5.74, 6) is 2.20. The van der Waals surface area contributed by atoms with Crippen molar-refractivity contribution in [2.45, 2.75) is 45.1 Å². The van der Waals surface area contributed by atoms with Gasteiger partial charge < -0.3 is 5.32 Å². The lowest BCUT2D eigenvalue weighted by Gasteiger charge is -2.36. The van der Waals surface area contributed by atoms with Crippen LogP contribution in [0.1, 0.15) is 39.0 Å². The van der Waals surface area contributed by atoms with Gasteiger partial charge in [0.25, 0.3) is 0 Å². The van der Waals surface area contributed by atoms with Crippen molar-refractivity contribution in [3.05, 3.63) is 0 Å². The molecule has 0 amide bonds. The van der Waals surface area contributed by atoms with Gasteiger partial charge in [0.05, 0.1) is 0 Å². The Morgan fingerprint density at radius 1 is 1.43 bits per heavy atom. The molecule has 1 saturated heterocycles. The third-order valence-corrected chi connectivity index (χ3v) is 4.25. The molecule has 1 saturated carbocycles. The Morgan fingerprint density at radius 3 is 3.14 bits per heavy atom. The number of hydrogen-bond acceptors (Lipinski definition) is 2. The van der Waals surface area contributed by atoms with E-state index in [-0.39, 0.29) is 0 Å². The fraction of sp³-hybridized carbons (Fsp3) is 0.909. The van der Waals surface area contributed by atoms with Crippen LogP contribution in [-0.4, -0.2) is 23.5 Å². The molecule has 14 heavy (non-hydrogen) atoms. The topological polar surface area (TPSA) is 24.4 Å². The number of amidine groups is 1. The van der Waals surface area contributed by atoms with Crippen LogP contribution in [-0.2, 0) is 0 Å². The van der Waals surface area contributed by atoms with Gasteiger partial charge in [0, 0.05) is 18.3 Å². The molecule has 2 aliphatic rings. The molecule has 0 bridgehead atoms. The fourth-order valence-electron chi connectivity index (χ4n) is 2.29. The van der Waals surface area contributed by atoms with Crippen LogP contribution < -0.4 is 5.32 Å². The average Bonchev–Trinajstić information content (AvgIpc) is 2.26. The van der Waals surface area contributed by atoms with Crippen LogP contribution in [0.3, 0.4) is 0 Å². The smallest absolute Gasteiger partial charge is 0.156 e. The molecule has 0 aromatic carbocycles. The van der Waals surface area contributed by atoms with Crippen LogP contribution in [0, 0.1) is 5.92 Å². The van der Waals surface area contributed by atoms with Gasteiger partial charge >= 0.3 is 0 Å². The normalized spacial score (nSPS) is 35.1. The zero-order chi connectivity index (χ0) is 9.80. The average molecular weight is 212 g/mol. The Hall–Kier alpha value is -0.180. The highest BCUT2D eigenvalue weighted by molar-refractivity contribution is 8.13. The molecule has 1 N–H and O–H groups in total. The van der Waals surface area contributed by atoms with Crippen molar-refractivity contribution in [3.63, 3.8) is 0 Å². The van der Waals surface area contributed by atoms with Crippen LogP contribution in [0.2, 0.25) is 0 Å². The molecule has 80 valence electrons. The van der Waals surface area contributed by atoms with Crippen LogP contribution >= 0.6 is 11.8 Å². The summed E-state index contributed by atoms with van der Waals surface area (Å²) in [6.45, 7) is 3.16. The van der Waals surface area contributed by atoms with Crippen LogP contribution in [0.4, 0.5) is 0 Å². The second-order valence-corrected chi connectivity index (χ2v) is 5.30. The molecule has 2 atom stereocenters. The summed E-state index contributed by atoms with van der Waals surface area (Å²) in [7, 11) is 0. The van der Waals surface area contributed by atoms with Crippen molar-refractivity contribution < 1.29 is 0 Å². The van der Waals surface area contributed by atoms with E-state index in [2.05, 4.69) is 17.2 Å². The van der Waals surface area contributed by atoms with E-state index in [0.717, 1.165) is 24.9 Å². The highest BCUT2D eigenvalue weighted by Crippen LogP contribution is 2.31. The van der Waals surface area contributed by atoms with Gasteiger partial charge in [0.2, 0.25) is 0 Å². The summed E-state index contributed by atoms with van der Waals surface area (Å²) in [6.07, 6.45) is 6.77. The molecule has 2 unspecified atom stereocenters. The second-order valence-electron chi connectivity index (χ2n) is 4.29. The largest absolute Gasteiger partial charge is 0.362 e. The number of thioether (sulfide) groups is 1. The molecule has 0 aromatic rings. The lowest BCUT2D eigenvalue weighted by atomic mass is 9.86. The molecule has 2 rings (SSSR count). The minimum atomic E-state index is 0.737. The summed E-state index contributed by atoms with van der Waals surface area (Å²) < 4.78 is 0. The van der Waals surface area contributed by atoms with Crippen molar-refractivity contribution in [2.24, 2.45) is 10.9 Å². The molecule has 0 spiro atoms. The Balaban J connectivity index is 1.89. The van der Waals surface area contributed by atoms with Gasteiger partial charge in [-0.05, 0) is 25.2 Å². The van der Waals surface area contributed by atoms with Gasteiger partial charge in [-0.25, -0.2) is 0 Å². The number of nitrogens with one attached hydrogen (secondary N) is 1. The molecule has 2 fully saturated rings. The minimum Gasteiger partial charge on any atom is -0.362 e.